The Labute approximate surface area is 106 Å². The molecule has 18 heavy (non-hydrogen) atoms. The molecule has 0 aliphatic heterocycles. The molecule has 5 heteroatoms. The molecule has 0 aliphatic carbocycles. The lowest BCUT2D eigenvalue weighted by Crippen LogP contribution is -2.53. The van der Waals surface area contributed by atoms with Crippen LogP contribution in [-0.2, 0) is 20.7 Å². The summed E-state index contributed by atoms with van der Waals surface area (Å²) in [5, 5.41) is 2.63. The van der Waals surface area contributed by atoms with Gasteiger partial charge < -0.3 is 15.8 Å². The van der Waals surface area contributed by atoms with E-state index in [1.54, 1.807) is 19.1 Å². The van der Waals surface area contributed by atoms with Gasteiger partial charge in [0.15, 0.2) is 0 Å². The van der Waals surface area contributed by atoms with Crippen LogP contribution in [0.25, 0.3) is 0 Å². The molecule has 3 N–H and O–H groups in total. The summed E-state index contributed by atoms with van der Waals surface area (Å²) >= 11 is 0. The van der Waals surface area contributed by atoms with Gasteiger partial charge in [0.1, 0.15) is 5.54 Å². The van der Waals surface area contributed by atoms with Gasteiger partial charge in [-0.25, -0.2) is 4.79 Å². The van der Waals surface area contributed by atoms with Gasteiger partial charge >= 0.3 is 5.97 Å². The van der Waals surface area contributed by atoms with E-state index in [4.69, 9.17) is 10.5 Å². The van der Waals surface area contributed by atoms with Crippen LogP contribution in [0.3, 0.4) is 0 Å². The molecule has 0 heterocycles. The van der Waals surface area contributed by atoms with Gasteiger partial charge in [0.2, 0.25) is 5.91 Å². The van der Waals surface area contributed by atoms with E-state index in [0.29, 0.717) is 12.1 Å². The molecule has 98 valence electrons. The van der Waals surface area contributed by atoms with E-state index < -0.39 is 11.5 Å². The second-order valence-electron chi connectivity index (χ2n) is 4.42. The fraction of sp³-hybridized carbons (Fsp3) is 0.385. The average Bonchev–Trinajstić information content (AvgIpc) is 2.30. The summed E-state index contributed by atoms with van der Waals surface area (Å²) in [6, 6.07) is 7.14. The Balaban J connectivity index is 2.94. The number of anilines is 1. The third kappa shape index (κ3) is 3.48. The van der Waals surface area contributed by atoms with Crippen LogP contribution in [0.4, 0.5) is 5.69 Å². The van der Waals surface area contributed by atoms with Crippen LogP contribution < -0.4 is 11.1 Å². The van der Waals surface area contributed by atoms with Crippen molar-refractivity contribution in [1.82, 2.24) is 5.32 Å². The number of carbonyl (C=O) groups is 2. The molecule has 0 spiro atoms. The highest BCUT2D eigenvalue weighted by atomic mass is 16.5. The maximum absolute atomic E-state index is 11.8. The van der Waals surface area contributed by atoms with Crippen LogP contribution in [-0.4, -0.2) is 24.5 Å². The van der Waals surface area contributed by atoms with Gasteiger partial charge in [0.05, 0.1) is 7.11 Å². The highest BCUT2D eigenvalue weighted by Crippen LogP contribution is 2.16. The van der Waals surface area contributed by atoms with Gasteiger partial charge in [-0.1, -0.05) is 12.1 Å². The SMILES string of the molecule is COC(=O)[C@@](C)(Cc1ccc(N)cc1)NC(C)=O. The van der Waals surface area contributed by atoms with E-state index in [9.17, 15) is 9.59 Å². The van der Waals surface area contributed by atoms with E-state index in [0.717, 1.165) is 5.56 Å². The number of benzene rings is 1. The third-order valence-corrected chi connectivity index (χ3v) is 2.63. The quantitative estimate of drug-likeness (QED) is 0.614. The second-order valence-corrected chi connectivity index (χ2v) is 4.42. The van der Waals surface area contributed by atoms with Crippen molar-refractivity contribution in [2.45, 2.75) is 25.8 Å². The van der Waals surface area contributed by atoms with E-state index >= 15 is 0 Å². The number of nitrogens with two attached hydrogens (primary N) is 1. The monoisotopic (exact) mass is 250 g/mol. The van der Waals surface area contributed by atoms with Crippen molar-refractivity contribution in [2.24, 2.45) is 0 Å². The molecule has 0 bridgehead atoms. The number of nitrogen functional groups attached to an aromatic ring is 1. The van der Waals surface area contributed by atoms with Crippen molar-refractivity contribution >= 4 is 17.6 Å². The normalized spacial score (nSPS) is 13.5. The lowest BCUT2D eigenvalue weighted by molar-refractivity contribution is -0.149. The first-order chi connectivity index (χ1) is 8.37. The zero-order valence-electron chi connectivity index (χ0n) is 10.8. The lowest BCUT2D eigenvalue weighted by atomic mass is 9.92. The summed E-state index contributed by atoms with van der Waals surface area (Å²) < 4.78 is 4.73. The number of amides is 1. The fourth-order valence-corrected chi connectivity index (χ4v) is 1.82. The number of rotatable bonds is 4. The maximum atomic E-state index is 11.8. The first-order valence-electron chi connectivity index (χ1n) is 5.59. The largest absolute Gasteiger partial charge is 0.467 e. The smallest absolute Gasteiger partial charge is 0.331 e. The van der Waals surface area contributed by atoms with Crippen molar-refractivity contribution in [3.8, 4) is 0 Å². The Morgan fingerprint density at radius 3 is 2.33 bits per heavy atom. The minimum Gasteiger partial charge on any atom is -0.467 e. The molecule has 0 fully saturated rings. The van der Waals surface area contributed by atoms with E-state index in [1.807, 2.05) is 12.1 Å². The Morgan fingerprint density at radius 1 is 1.33 bits per heavy atom. The topological polar surface area (TPSA) is 81.4 Å². The third-order valence-electron chi connectivity index (χ3n) is 2.63. The van der Waals surface area contributed by atoms with Gasteiger partial charge in [-0.3, -0.25) is 4.79 Å². The minimum absolute atomic E-state index is 0.279. The molecule has 1 rings (SSSR count). The number of hydrogen-bond acceptors (Lipinski definition) is 4. The Hall–Kier alpha value is -2.04. The number of esters is 1. The molecule has 0 saturated carbocycles. The standard InChI is InChI=1S/C13H18N2O3/c1-9(16)15-13(2,12(17)18-3)8-10-4-6-11(14)7-5-10/h4-7H,8,14H2,1-3H3,(H,15,16)/t13-/m1/s1. The molecule has 5 nitrogen and oxygen atoms in total. The van der Waals surface area contributed by atoms with Crippen molar-refractivity contribution < 1.29 is 14.3 Å². The number of hydrogen-bond donors (Lipinski definition) is 2. The molecule has 1 aromatic carbocycles. The number of carbonyl (C=O) groups excluding carboxylic acids is 2. The molecule has 0 unspecified atom stereocenters. The van der Waals surface area contributed by atoms with Crippen molar-refractivity contribution in [2.75, 3.05) is 12.8 Å². The summed E-state index contributed by atoms with van der Waals surface area (Å²) in [6.07, 6.45) is 0.347. The number of ether oxygens (including phenoxy) is 1. The van der Waals surface area contributed by atoms with E-state index in [1.165, 1.54) is 14.0 Å². The minimum atomic E-state index is -1.07. The first-order valence-corrected chi connectivity index (χ1v) is 5.59. The molecule has 1 aromatic rings. The number of methoxy groups -OCH3 is 1. The molecular weight excluding hydrogens is 232 g/mol. The molecule has 1 atom stereocenters. The van der Waals surface area contributed by atoms with Crippen LogP contribution in [0, 0.1) is 0 Å². The predicted molar refractivity (Wildman–Crippen MR) is 68.8 cm³/mol. The van der Waals surface area contributed by atoms with Gasteiger partial charge in [0.25, 0.3) is 0 Å². The predicted octanol–water partition coefficient (Wildman–Crippen LogP) is 0.879. The molecular formula is C13H18N2O3. The van der Waals surface area contributed by atoms with Crippen LogP contribution in [0.15, 0.2) is 24.3 Å². The maximum Gasteiger partial charge on any atom is 0.331 e. The van der Waals surface area contributed by atoms with E-state index in [2.05, 4.69) is 5.32 Å². The van der Waals surface area contributed by atoms with Crippen LogP contribution in [0.5, 0.6) is 0 Å². The van der Waals surface area contributed by atoms with Crippen molar-refractivity contribution in [3.05, 3.63) is 29.8 Å². The molecule has 0 saturated heterocycles. The lowest BCUT2D eigenvalue weighted by Gasteiger charge is -2.27. The summed E-state index contributed by atoms with van der Waals surface area (Å²) in [7, 11) is 1.30. The zero-order valence-corrected chi connectivity index (χ0v) is 10.8. The number of nitrogens with one attached hydrogen (secondary N) is 1. The summed E-state index contributed by atoms with van der Waals surface area (Å²) in [6.45, 7) is 3.00. The van der Waals surface area contributed by atoms with Gasteiger partial charge in [0, 0.05) is 19.0 Å². The summed E-state index contributed by atoms with van der Waals surface area (Å²) in [5.74, 6) is -0.757. The van der Waals surface area contributed by atoms with E-state index in [-0.39, 0.29) is 5.91 Å². The molecule has 0 aliphatic rings. The first kappa shape index (κ1) is 14.0. The molecule has 1 amide bonds. The van der Waals surface area contributed by atoms with Gasteiger partial charge in [-0.15, -0.1) is 0 Å². The molecule has 0 radical (unpaired) electrons. The van der Waals surface area contributed by atoms with Crippen LogP contribution >= 0.6 is 0 Å². The van der Waals surface area contributed by atoms with Gasteiger partial charge in [-0.2, -0.15) is 0 Å². The second kappa shape index (κ2) is 5.53. The van der Waals surface area contributed by atoms with Crippen molar-refractivity contribution in [1.29, 1.82) is 0 Å². The highest BCUT2D eigenvalue weighted by molar-refractivity contribution is 5.87. The van der Waals surface area contributed by atoms with Crippen molar-refractivity contribution in [3.63, 3.8) is 0 Å². The van der Waals surface area contributed by atoms with Crippen LogP contribution in [0.2, 0.25) is 0 Å². The zero-order chi connectivity index (χ0) is 13.8. The van der Waals surface area contributed by atoms with Crippen LogP contribution in [0.1, 0.15) is 19.4 Å². The molecule has 0 aromatic heterocycles. The van der Waals surface area contributed by atoms with Gasteiger partial charge in [-0.05, 0) is 24.6 Å². The Morgan fingerprint density at radius 2 is 1.89 bits per heavy atom. The Bertz CT molecular complexity index is 442. The summed E-state index contributed by atoms with van der Waals surface area (Å²) in [5.41, 5.74) is 6.07. The Kier molecular flexibility index (Phi) is 4.31. The summed E-state index contributed by atoms with van der Waals surface area (Å²) in [4.78, 5) is 23.0. The fourth-order valence-electron chi connectivity index (χ4n) is 1.82. The highest BCUT2D eigenvalue weighted by Gasteiger charge is 2.35. The average molecular weight is 250 g/mol.